The number of benzene rings is 1. The summed E-state index contributed by atoms with van der Waals surface area (Å²) < 4.78 is 10.4. The second-order valence-corrected chi connectivity index (χ2v) is 3.60. The van der Waals surface area contributed by atoms with Gasteiger partial charge in [0.1, 0.15) is 11.5 Å². The molecule has 1 N–H and O–H groups in total. The van der Waals surface area contributed by atoms with E-state index in [1.165, 1.54) is 0 Å². The molecule has 0 aliphatic rings. The number of hydrogen-bond acceptors (Lipinski definition) is 3. The van der Waals surface area contributed by atoms with E-state index < -0.39 is 5.97 Å². The minimum Gasteiger partial charge on any atom is -0.496 e. The Hall–Kier alpha value is -1.71. The molecule has 0 atom stereocenters. The molecule has 0 spiro atoms. The first-order chi connectivity index (χ1) is 7.51. The largest absolute Gasteiger partial charge is 0.496 e. The molecule has 1 aromatic carbocycles. The molecule has 1 rings (SSSR count). The average molecular weight is 224 g/mol. The van der Waals surface area contributed by atoms with Gasteiger partial charge in [-0.3, -0.25) is 4.79 Å². The fraction of sp³-hybridized carbons (Fsp3) is 0.417. The molecule has 0 heterocycles. The van der Waals surface area contributed by atoms with Gasteiger partial charge in [-0.1, -0.05) is 0 Å². The van der Waals surface area contributed by atoms with E-state index in [0.29, 0.717) is 17.1 Å². The second kappa shape index (κ2) is 4.88. The number of aliphatic carboxylic acids is 1. The number of aryl methyl sites for hydroxylation is 1. The smallest absolute Gasteiger partial charge is 0.307 e. The van der Waals surface area contributed by atoms with Crippen molar-refractivity contribution >= 4 is 5.97 Å². The van der Waals surface area contributed by atoms with Crippen molar-refractivity contribution in [2.75, 3.05) is 14.2 Å². The summed E-state index contributed by atoms with van der Waals surface area (Å²) in [4.78, 5) is 10.8. The summed E-state index contributed by atoms with van der Waals surface area (Å²) in [6, 6.07) is 1.85. The van der Waals surface area contributed by atoms with Crippen molar-refractivity contribution < 1.29 is 19.4 Å². The van der Waals surface area contributed by atoms with Crippen molar-refractivity contribution in [2.45, 2.75) is 20.3 Å². The lowest BCUT2D eigenvalue weighted by Crippen LogP contribution is -2.07. The van der Waals surface area contributed by atoms with Crippen LogP contribution < -0.4 is 9.47 Å². The van der Waals surface area contributed by atoms with Crippen LogP contribution in [0.1, 0.15) is 16.7 Å². The van der Waals surface area contributed by atoms with Gasteiger partial charge < -0.3 is 14.6 Å². The van der Waals surface area contributed by atoms with Crippen molar-refractivity contribution in [1.82, 2.24) is 0 Å². The molecule has 0 aliphatic heterocycles. The molecule has 1 aromatic rings. The molecule has 16 heavy (non-hydrogen) atoms. The summed E-state index contributed by atoms with van der Waals surface area (Å²) in [6.07, 6.45) is -0.0625. The maximum atomic E-state index is 10.8. The Bertz CT molecular complexity index is 410. The maximum Gasteiger partial charge on any atom is 0.307 e. The second-order valence-electron chi connectivity index (χ2n) is 3.60. The SMILES string of the molecule is COc1cc(C)c(OC)c(CC(=O)O)c1C. The monoisotopic (exact) mass is 224 g/mol. The van der Waals surface area contributed by atoms with Crippen LogP contribution in [-0.4, -0.2) is 25.3 Å². The summed E-state index contributed by atoms with van der Waals surface area (Å²) in [5.74, 6) is 0.435. The fourth-order valence-electron chi connectivity index (χ4n) is 1.79. The molecule has 0 saturated heterocycles. The van der Waals surface area contributed by atoms with Crippen LogP contribution in [0.3, 0.4) is 0 Å². The standard InChI is InChI=1S/C12H16O4/c1-7-5-10(15-3)8(2)9(6-11(13)14)12(7)16-4/h5H,6H2,1-4H3,(H,13,14). The van der Waals surface area contributed by atoms with Gasteiger partial charge in [0, 0.05) is 5.56 Å². The van der Waals surface area contributed by atoms with Gasteiger partial charge in [-0.05, 0) is 31.0 Å². The van der Waals surface area contributed by atoms with Gasteiger partial charge in [-0.15, -0.1) is 0 Å². The Labute approximate surface area is 94.8 Å². The number of methoxy groups -OCH3 is 2. The van der Waals surface area contributed by atoms with Gasteiger partial charge >= 0.3 is 5.97 Å². The summed E-state index contributed by atoms with van der Waals surface area (Å²) in [6.45, 7) is 3.70. The van der Waals surface area contributed by atoms with Gasteiger partial charge in [0.15, 0.2) is 0 Å². The molecule has 0 bridgehead atoms. The van der Waals surface area contributed by atoms with E-state index >= 15 is 0 Å². The molecule has 0 aliphatic carbocycles. The lowest BCUT2D eigenvalue weighted by molar-refractivity contribution is -0.136. The third-order valence-electron chi connectivity index (χ3n) is 2.55. The molecule has 4 nitrogen and oxygen atoms in total. The van der Waals surface area contributed by atoms with E-state index in [2.05, 4.69) is 0 Å². The minimum atomic E-state index is -0.881. The van der Waals surface area contributed by atoms with Gasteiger partial charge in [-0.2, -0.15) is 0 Å². The predicted molar refractivity (Wildman–Crippen MR) is 60.4 cm³/mol. The maximum absolute atomic E-state index is 10.8. The van der Waals surface area contributed by atoms with Crippen molar-refractivity contribution in [2.24, 2.45) is 0 Å². The highest BCUT2D eigenvalue weighted by molar-refractivity contribution is 5.73. The Morgan fingerprint density at radius 3 is 2.38 bits per heavy atom. The summed E-state index contributed by atoms with van der Waals surface area (Å²) >= 11 is 0. The summed E-state index contributed by atoms with van der Waals surface area (Å²) in [7, 11) is 3.11. The molecule has 0 radical (unpaired) electrons. The van der Waals surface area contributed by atoms with Crippen LogP contribution in [0.5, 0.6) is 11.5 Å². The molecule has 0 aromatic heterocycles. The van der Waals surface area contributed by atoms with Crippen LogP contribution in [0.25, 0.3) is 0 Å². The van der Waals surface area contributed by atoms with Crippen LogP contribution in [-0.2, 0) is 11.2 Å². The Kier molecular flexibility index (Phi) is 3.77. The van der Waals surface area contributed by atoms with E-state index in [-0.39, 0.29) is 6.42 Å². The van der Waals surface area contributed by atoms with E-state index in [1.54, 1.807) is 14.2 Å². The number of carbonyl (C=O) groups is 1. The number of carboxylic acids is 1. The first kappa shape index (κ1) is 12.4. The zero-order valence-corrected chi connectivity index (χ0v) is 9.96. The summed E-state index contributed by atoms with van der Waals surface area (Å²) in [5.41, 5.74) is 2.36. The van der Waals surface area contributed by atoms with Crippen molar-refractivity contribution in [1.29, 1.82) is 0 Å². The molecule has 0 fully saturated rings. The summed E-state index contributed by atoms with van der Waals surface area (Å²) in [5, 5.41) is 8.87. The number of carboxylic acid groups (broad SMARTS) is 1. The van der Waals surface area contributed by atoms with Crippen LogP contribution in [0.2, 0.25) is 0 Å². The van der Waals surface area contributed by atoms with Crippen molar-refractivity contribution in [3.8, 4) is 11.5 Å². The highest BCUT2D eigenvalue weighted by Crippen LogP contribution is 2.33. The van der Waals surface area contributed by atoms with Gasteiger partial charge in [-0.25, -0.2) is 0 Å². The first-order valence-electron chi connectivity index (χ1n) is 4.94. The average Bonchev–Trinajstić information content (AvgIpc) is 2.22. The van der Waals surface area contributed by atoms with Gasteiger partial charge in [0.2, 0.25) is 0 Å². The number of rotatable bonds is 4. The zero-order valence-electron chi connectivity index (χ0n) is 9.96. The minimum absolute atomic E-state index is 0.0625. The lowest BCUT2D eigenvalue weighted by Gasteiger charge is -2.16. The predicted octanol–water partition coefficient (Wildman–Crippen LogP) is 1.95. The van der Waals surface area contributed by atoms with Crippen LogP contribution >= 0.6 is 0 Å². The molecule has 4 heteroatoms. The molecular weight excluding hydrogens is 208 g/mol. The molecule has 0 amide bonds. The highest BCUT2D eigenvalue weighted by Gasteiger charge is 2.16. The topological polar surface area (TPSA) is 55.8 Å². The molecule has 88 valence electrons. The van der Waals surface area contributed by atoms with E-state index in [1.807, 2.05) is 19.9 Å². The van der Waals surface area contributed by atoms with Crippen molar-refractivity contribution in [3.63, 3.8) is 0 Å². The first-order valence-corrected chi connectivity index (χ1v) is 4.94. The number of ether oxygens (including phenoxy) is 2. The Balaban J connectivity index is 3.39. The fourth-order valence-corrected chi connectivity index (χ4v) is 1.79. The van der Waals surface area contributed by atoms with E-state index in [4.69, 9.17) is 14.6 Å². The van der Waals surface area contributed by atoms with E-state index in [9.17, 15) is 4.79 Å². The third-order valence-corrected chi connectivity index (χ3v) is 2.55. The zero-order chi connectivity index (χ0) is 12.3. The Morgan fingerprint density at radius 1 is 1.31 bits per heavy atom. The molecule has 0 unspecified atom stereocenters. The normalized spacial score (nSPS) is 10.0. The van der Waals surface area contributed by atoms with Gasteiger partial charge in [0.25, 0.3) is 0 Å². The lowest BCUT2D eigenvalue weighted by atomic mass is 10.00. The van der Waals surface area contributed by atoms with Crippen LogP contribution in [0, 0.1) is 13.8 Å². The number of hydrogen-bond donors (Lipinski definition) is 1. The van der Waals surface area contributed by atoms with Crippen molar-refractivity contribution in [3.05, 3.63) is 22.8 Å². The quantitative estimate of drug-likeness (QED) is 0.849. The van der Waals surface area contributed by atoms with Gasteiger partial charge in [0.05, 0.1) is 20.6 Å². The third kappa shape index (κ3) is 2.27. The van der Waals surface area contributed by atoms with E-state index in [0.717, 1.165) is 11.1 Å². The highest BCUT2D eigenvalue weighted by atomic mass is 16.5. The van der Waals surface area contributed by atoms with Crippen LogP contribution in [0.4, 0.5) is 0 Å². The molecular formula is C12H16O4. The Morgan fingerprint density at radius 2 is 1.94 bits per heavy atom. The molecule has 0 saturated carbocycles. The van der Waals surface area contributed by atoms with Crippen LogP contribution in [0.15, 0.2) is 6.07 Å².